The molecule has 2 aromatic rings. The Hall–Kier alpha value is -3.00. The van der Waals surface area contributed by atoms with E-state index >= 15 is 0 Å². The Morgan fingerprint density at radius 1 is 1.34 bits per heavy atom. The smallest absolute Gasteiger partial charge is 0.262 e. The van der Waals surface area contributed by atoms with Crippen LogP contribution in [-0.4, -0.2) is 47.6 Å². The molecule has 29 heavy (non-hydrogen) atoms. The number of aliphatic imine (C=N–C) groups is 1. The summed E-state index contributed by atoms with van der Waals surface area (Å²) in [6, 6.07) is 8.62. The molecule has 1 aromatic carbocycles. The van der Waals surface area contributed by atoms with E-state index in [-0.39, 0.29) is 30.0 Å². The molecular formula is C21H21FN4O3. The number of nitrogens with zero attached hydrogens (tertiary/aromatic N) is 3. The molecule has 0 saturated carbocycles. The first kappa shape index (κ1) is 18.1. The topological polar surface area (TPSA) is 90.0 Å². The second-order valence-corrected chi connectivity index (χ2v) is 7.70. The van der Waals surface area contributed by atoms with E-state index in [0.29, 0.717) is 35.5 Å². The molecule has 2 N–H and O–H groups in total. The standard InChI is InChI=1S/C21H21FN4O3/c1-11-17-16(7-9-28-11)29-15-6-5-12(13-4-3-8-24-18(13)22)10-14(15)21(17)19(27)26(2)20(23)25-21/h3-6,8,10-11,16-17H,7,9H2,1-2H3,(H2,23,25)/t11-,16?,17-,21+/m1/s1. The second-order valence-electron chi connectivity index (χ2n) is 7.70. The van der Waals surface area contributed by atoms with Crippen LogP contribution in [0.25, 0.3) is 11.1 Å². The number of nitrogens with two attached hydrogens (primary N) is 1. The highest BCUT2D eigenvalue weighted by Gasteiger charge is 2.62. The number of benzene rings is 1. The number of amides is 1. The summed E-state index contributed by atoms with van der Waals surface area (Å²) < 4.78 is 26.5. The molecule has 1 saturated heterocycles. The molecule has 0 aliphatic carbocycles. The number of hydrogen-bond donors (Lipinski definition) is 1. The van der Waals surface area contributed by atoms with E-state index in [2.05, 4.69) is 9.98 Å². The third-order valence-electron chi connectivity index (χ3n) is 6.18. The van der Waals surface area contributed by atoms with Gasteiger partial charge in [-0.25, -0.2) is 9.98 Å². The predicted molar refractivity (Wildman–Crippen MR) is 104 cm³/mol. The number of pyridine rings is 1. The third-order valence-corrected chi connectivity index (χ3v) is 6.18. The van der Waals surface area contributed by atoms with Gasteiger partial charge in [-0.15, -0.1) is 0 Å². The molecular weight excluding hydrogens is 375 g/mol. The van der Waals surface area contributed by atoms with Crippen molar-refractivity contribution in [2.24, 2.45) is 16.6 Å². The van der Waals surface area contributed by atoms with E-state index in [4.69, 9.17) is 15.2 Å². The summed E-state index contributed by atoms with van der Waals surface area (Å²) in [5.41, 5.74) is 6.33. The maximum Gasteiger partial charge on any atom is 0.262 e. The maximum atomic E-state index is 14.3. The maximum absolute atomic E-state index is 14.3. The highest BCUT2D eigenvalue weighted by atomic mass is 19.1. The minimum absolute atomic E-state index is 0.150. The van der Waals surface area contributed by atoms with Crippen molar-refractivity contribution in [1.82, 2.24) is 9.88 Å². The molecule has 0 radical (unpaired) electrons. The van der Waals surface area contributed by atoms with Gasteiger partial charge in [0.25, 0.3) is 5.91 Å². The number of carbonyl (C=O) groups is 1. The fourth-order valence-corrected chi connectivity index (χ4v) is 4.79. The Labute approximate surface area is 167 Å². The van der Waals surface area contributed by atoms with Crippen molar-refractivity contribution >= 4 is 11.9 Å². The van der Waals surface area contributed by atoms with Crippen LogP contribution in [0, 0.1) is 11.9 Å². The Balaban J connectivity index is 1.76. The van der Waals surface area contributed by atoms with Crippen LogP contribution in [0.3, 0.4) is 0 Å². The van der Waals surface area contributed by atoms with Gasteiger partial charge in [0.05, 0.1) is 18.6 Å². The molecule has 3 aliphatic rings. The molecule has 1 spiro atoms. The zero-order valence-corrected chi connectivity index (χ0v) is 16.1. The zero-order valence-electron chi connectivity index (χ0n) is 16.1. The van der Waals surface area contributed by atoms with E-state index in [9.17, 15) is 9.18 Å². The fourth-order valence-electron chi connectivity index (χ4n) is 4.79. The first-order chi connectivity index (χ1) is 13.9. The van der Waals surface area contributed by atoms with Crippen molar-refractivity contribution in [3.05, 3.63) is 48.0 Å². The first-order valence-electron chi connectivity index (χ1n) is 9.60. The quantitative estimate of drug-likeness (QED) is 0.746. The summed E-state index contributed by atoms with van der Waals surface area (Å²) in [5.74, 6) is -0.432. The van der Waals surface area contributed by atoms with Crippen LogP contribution in [0.2, 0.25) is 0 Å². The number of likely N-dealkylation sites (N-methyl/N-ethyl adjacent to an activating group) is 1. The SMILES string of the molecule is C[C@H]1OCCC2Oc3ccc(-c4cccnc4F)cc3[C@]3(N=C(N)N(C)C3=O)[C@@H]21. The Kier molecular flexibility index (Phi) is 3.89. The number of guanidine groups is 1. The van der Waals surface area contributed by atoms with Crippen LogP contribution < -0.4 is 10.5 Å². The largest absolute Gasteiger partial charge is 0.489 e. The predicted octanol–water partition coefficient (Wildman–Crippen LogP) is 2.06. The molecule has 150 valence electrons. The van der Waals surface area contributed by atoms with Gasteiger partial charge in [-0.3, -0.25) is 9.69 Å². The minimum atomic E-state index is -1.26. The van der Waals surface area contributed by atoms with E-state index in [1.54, 1.807) is 37.4 Å². The molecule has 1 unspecified atom stereocenters. The van der Waals surface area contributed by atoms with Gasteiger partial charge in [0.1, 0.15) is 11.9 Å². The molecule has 3 aliphatic heterocycles. The van der Waals surface area contributed by atoms with Gasteiger partial charge >= 0.3 is 0 Å². The van der Waals surface area contributed by atoms with Gasteiger partial charge in [-0.1, -0.05) is 6.07 Å². The van der Waals surface area contributed by atoms with Gasteiger partial charge in [-0.2, -0.15) is 4.39 Å². The van der Waals surface area contributed by atoms with Crippen molar-refractivity contribution in [1.29, 1.82) is 0 Å². The molecule has 1 amide bonds. The average molecular weight is 396 g/mol. The Morgan fingerprint density at radius 3 is 2.90 bits per heavy atom. The molecule has 1 fully saturated rings. The van der Waals surface area contributed by atoms with Crippen LogP contribution in [-0.2, 0) is 15.1 Å². The average Bonchev–Trinajstić information content (AvgIpc) is 2.93. The number of ether oxygens (including phenoxy) is 2. The van der Waals surface area contributed by atoms with Crippen LogP contribution in [0.1, 0.15) is 18.9 Å². The lowest BCUT2D eigenvalue weighted by Gasteiger charge is -2.48. The molecule has 4 atom stereocenters. The molecule has 5 rings (SSSR count). The third kappa shape index (κ3) is 2.42. The van der Waals surface area contributed by atoms with Crippen LogP contribution >= 0.6 is 0 Å². The minimum Gasteiger partial charge on any atom is -0.489 e. The van der Waals surface area contributed by atoms with E-state index < -0.39 is 11.5 Å². The molecule has 4 heterocycles. The number of rotatable bonds is 1. The van der Waals surface area contributed by atoms with Gasteiger partial charge < -0.3 is 15.2 Å². The second kappa shape index (κ2) is 6.25. The lowest BCUT2D eigenvalue weighted by Crippen LogP contribution is -2.58. The van der Waals surface area contributed by atoms with Crippen LogP contribution in [0.4, 0.5) is 4.39 Å². The van der Waals surface area contributed by atoms with Crippen molar-refractivity contribution in [2.75, 3.05) is 13.7 Å². The number of hydrogen-bond acceptors (Lipinski definition) is 6. The van der Waals surface area contributed by atoms with Crippen molar-refractivity contribution in [3.8, 4) is 16.9 Å². The highest BCUT2D eigenvalue weighted by Crippen LogP contribution is 2.53. The number of fused-ring (bicyclic) bond motifs is 4. The highest BCUT2D eigenvalue weighted by molar-refractivity contribution is 6.07. The summed E-state index contributed by atoms with van der Waals surface area (Å²) >= 11 is 0. The number of carbonyl (C=O) groups excluding carboxylic acids is 1. The monoisotopic (exact) mass is 396 g/mol. The summed E-state index contributed by atoms with van der Waals surface area (Å²) in [6.07, 6.45) is 1.57. The lowest BCUT2D eigenvalue weighted by molar-refractivity contribution is -0.149. The van der Waals surface area contributed by atoms with E-state index in [0.717, 1.165) is 0 Å². The van der Waals surface area contributed by atoms with Gasteiger partial charge in [-0.05, 0) is 36.8 Å². The summed E-state index contributed by atoms with van der Waals surface area (Å²) in [7, 11) is 1.61. The normalized spacial score (nSPS) is 30.6. The van der Waals surface area contributed by atoms with E-state index in [1.165, 1.54) is 11.1 Å². The summed E-state index contributed by atoms with van der Waals surface area (Å²) in [5, 5.41) is 0. The Morgan fingerprint density at radius 2 is 2.17 bits per heavy atom. The summed E-state index contributed by atoms with van der Waals surface area (Å²) in [4.78, 5) is 23.3. The fraction of sp³-hybridized carbons (Fsp3) is 0.381. The van der Waals surface area contributed by atoms with Crippen LogP contribution in [0.15, 0.2) is 41.5 Å². The van der Waals surface area contributed by atoms with Crippen LogP contribution in [0.5, 0.6) is 5.75 Å². The first-order valence-corrected chi connectivity index (χ1v) is 9.60. The zero-order chi connectivity index (χ0) is 20.3. The summed E-state index contributed by atoms with van der Waals surface area (Å²) in [6.45, 7) is 2.48. The number of halogens is 1. The number of aromatic nitrogens is 1. The van der Waals surface area contributed by atoms with Crippen molar-refractivity contribution in [2.45, 2.75) is 31.1 Å². The van der Waals surface area contributed by atoms with Gasteiger partial charge in [0.2, 0.25) is 5.95 Å². The van der Waals surface area contributed by atoms with Crippen molar-refractivity contribution < 1.29 is 18.7 Å². The van der Waals surface area contributed by atoms with Crippen molar-refractivity contribution in [3.63, 3.8) is 0 Å². The van der Waals surface area contributed by atoms with E-state index in [1.807, 2.05) is 6.92 Å². The lowest BCUT2D eigenvalue weighted by atomic mass is 9.68. The Bertz CT molecular complexity index is 1040. The molecule has 7 nitrogen and oxygen atoms in total. The van der Waals surface area contributed by atoms with Gasteiger partial charge in [0.15, 0.2) is 11.5 Å². The molecule has 1 aromatic heterocycles. The molecule has 8 heteroatoms. The molecule has 0 bridgehead atoms. The van der Waals surface area contributed by atoms with Gasteiger partial charge in [0, 0.05) is 30.8 Å².